The van der Waals surface area contributed by atoms with Crippen molar-refractivity contribution < 1.29 is 0 Å². The van der Waals surface area contributed by atoms with Crippen LogP contribution < -0.4 is 4.90 Å². The van der Waals surface area contributed by atoms with E-state index >= 15 is 0 Å². The highest BCUT2D eigenvalue weighted by Crippen LogP contribution is 2.30. The molecule has 0 saturated carbocycles. The van der Waals surface area contributed by atoms with E-state index in [1.165, 1.54) is 6.33 Å². The molecule has 104 valence electrons. The molecule has 5 heteroatoms. The Kier molecular flexibility index (Phi) is 6.04. The molecule has 0 unspecified atom stereocenters. The van der Waals surface area contributed by atoms with Crippen LogP contribution in [0.1, 0.15) is 45.6 Å². The largest absolute Gasteiger partial charge is 0.355 e. The number of anilines is 1. The third-order valence-corrected chi connectivity index (χ3v) is 3.07. The third kappa shape index (κ3) is 4.36. The van der Waals surface area contributed by atoms with Gasteiger partial charge in [0, 0.05) is 18.7 Å². The summed E-state index contributed by atoms with van der Waals surface area (Å²) in [6, 6.07) is 2.19. The van der Waals surface area contributed by atoms with Gasteiger partial charge in [-0.1, -0.05) is 39.3 Å². The zero-order chi connectivity index (χ0) is 14.4. The molecule has 0 spiro atoms. The molecule has 1 aromatic heterocycles. The molecular formula is C14H21ClN4. The van der Waals surface area contributed by atoms with Gasteiger partial charge in [0.1, 0.15) is 17.3 Å². The molecule has 0 amide bonds. The summed E-state index contributed by atoms with van der Waals surface area (Å²) in [5, 5.41) is 9.30. The first kappa shape index (κ1) is 15.7. The van der Waals surface area contributed by atoms with Crippen LogP contribution in [0.3, 0.4) is 0 Å². The molecule has 0 N–H and O–H groups in total. The quantitative estimate of drug-likeness (QED) is 0.747. The first-order chi connectivity index (χ1) is 8.97. The first-order valence-electron chi connectivity index (χ1n) is 6.59. The lowest BCUT2D eigenvalue weighted by molar-refractivity contribution is 0.603. The maximum Gasteiger partial charge on any atom is 0.138 e. The molecule has 0 aliphatic rings. The van der Waals surface area contributed by atoms with Crippen LogP contribution in [-0.4, -0.2) is 23.1 Å². The van der Waals surface area contributed by atoms with Crippen molar-refractivity contribution in [1.29, 1.82) is 5.26 Å². The fraction of sp³-hybridized carbons (Fsp3) is 0.643. The molecule has 0 aromatic carbocycles. The highest BCUT2D eigenvalue weighted by molar-refractivity contribution is 6.30. The summed E-state index contributed by atoms with van der Waals surface area (Å²) < 4.78 is 0. The van der Waals surface area contributed by atoms with E-state index in [1.54, 1.807) is 0 Å². The van der Waals surface area contributed by atoms with E-state index in [4.69, 9.17) is 16.9 Å². The average Bonchev–Trinajstić information content (AvgIpc) is 2.33. The Morgan fingerprint density at radius 1 is 1.32 bits per heavy atom. The van der Waals surface area contributed by atoms with Gasteiger partial charge in [-0.15, -0.1) is 0 Å². The third-order valence-electron chi connectivity index (χ3n) is 2.77. The van der Waals surface area contributed by atoms with Gasteiger partial charge in [-0.25, -0.2) is 9.97 Å². The Hall–Kier alpha value is -1.34. The predicted molar refractivity (Wildman–Crippen MR) is 78.4 cm³/mol. The van der Waals surface area contributed by atoms with Crippen molar-refractivity contribution in [3.05, 3.63) is 17.0 Å². The molecule has 4 nitrogen and oxygen atoms in total. The maximum absolute atomic E-state index is 8.79. The fourth-order valence-corrected chi connectivity index (χ4v) is 2.37. The van der Waals surface area contributed by atoms with Gasteiger partial charge >= 0.3 is 0 Å². The Bertz CT molecular complexity index is 451. The van der Waals surface area contributed by atoms with Crippen molar-refractivity contribution in [1.82, 2.24) is 9.97 Å². The van der Waals surface area contributed by atoms with E-state index in [9.17, 15) is 0 Å². The van der Waals surface area contributed by atoms with Gasteiger partial charge in [-0.3, -0.25) is 0 Å². The van der Waals surface area contributed by atoms with Crippen LogP contribution in [0, 0.1) is 17.2 Å². The van der Waals surface area contributed by atoms with Gasteiger partial charge in [0.15, 0.2) is 0 Å². The molecule has 0 atom stereocenters. The number of hydrogen-bond acceptors (Lipinski definition) is 4. The van der Waals surface area contributed by atoms with Gasteiger partial charge in [0.25, 0.3) is 0 Å². The maximum atomic E-state index is 8.79. The smallest absolute Gasteiger partial charge is 0.138 e. The molecule has 0 aliphatic carbocycles. The van der Waals surface area contributed by atoms with E-state index in [0.717, 1.165) is 17.9 Å². The van der Waals surface area contributed by atoms with Crippen LogP contribution in [0.2, 0.25) is 5.15 Å². The van der Waals surface area contributed by atoms with E-state index in [1.807, 2.05) is 0 Å². The monoisotopic (exact) mass is 280 g/mol. The minimum absolute atomic E-state index is 0.250. The summed E-state index contributed by atoms with van der Waals surface area (Å²) in [6.07, 6.45) is 1.97. The molecule has 0 radical (unpaired) electrons. The second kappa shape index (κ2) is 7.30. The number of nitriles is 1. The van der Waals surface area contributed by atoms with Crippen LogP contribution >= 0.6 is 11.6 Å². The molecule has 19 heavy (non-hydrogen) atoms. The van der Waals surface area contributed by atoms with Crippen LogP contribution in [0.5, 0.6) is 0 Å². The molecule has 0 fully saturated rings. The van der Waals surface area contributed by atoms with Crippen molar-refractivity contribution in [2.75, 3.05) is 18.0 Å². The van der Waals surface area contributed by atoms with Crippen molar-refractivity contribution in [3.63, 3.8) is 0 Å². The molecule has 0 bridgehead atoms. The summed E-state index contributed by atoms with van der Waals surface area (Å²) in [5.74, 6) is 1.60. The standard InChI is InChI=1S/C14H21ClN4/c1-10(2)8-19(7-5-6-16)14-12(11(3)4)13(15)17-9-18-14/h9-11H,5,7-8H2,1-4H3. The van der Waals surface area contributed by atoms with Crippen molar-refractivity contribution in [2.24, 2.45) is 5.92 Å². The van der Waals surface area contributed by atoms with E-state index in [0.29, 0.717) is 24.0 Å². The summed E-state index contributed by atoms with van der Waals surface area (Å²) in [7, 11) is 0. The molecule has 0 aliphatic heterocycles. The van der Waals surface area contributed by atoms with Gasteiger partial charge < -0.3 is 4.90 Å². The number of hydrogen-bond donors (Lipinski definition) is 0. The normalized spacial score (nSPS) is 10.8. The Morgan fingerprint density at radius 2 is 2.00 bits per heavy atom. The minimum atomic E-state index is 0.250. The van der Waals surface area contributed by atoms with E-state index < -0.39 is 0 Å². The second-order valence-electron chi connectivity index (χ2n) is 5.30. The summed E-state index contributed by atoms with van der Waals surface area (Å²) in [6.45, 7) is 9.97. The topological polar surface area (TPSA) is 52.8 Å². The molecule has 1 rings (SSSR count). The average molecular weight is 281 g/mol. The Labute approximate surface area is 120 Å². The van der Waals surface area contributed by atoms with Crippen molar-refractivity contribution in [3.8, 4) is 6.07 Å². The second-order valence-corrected chi connectivity index (χ2v) is 5.66. The molecule has 1 heterocycles. The lowest BCUT2D eigenvalue weighted by Crippen LogP contribution is -2.30. The summed E-state index contributed by atoms with van der Waals surface area (Å²) in [5.41, 5.74) is 0.961. The van der Waals surface area contributed by atoms with Gasteiger partial charge in [0.05, 0.1) is 12.5 Å². The number of rotatable bonds is 6. The van der Waals surface area contributed by atoms with Crippen molar-refractivity contribution in [2.45, 2.75) is 40.0 Å². The molecule has 1 aromatic rings. The SMILES string of the molecule is CC(C)CN(CCC#N)c1ncnc(Cl)c1C(C)C. The van der Waals surface area contributed by atoms with Crippen LogP contribution in [-0.2, 0) is 0 Å². The minimum Gasteiger partial charge on any atom is -0.355 e. The number of aromatic nitrogens is 2. The van der Waals surface area contributed by atoms with Gasteiger partial charge in [-0.05, 0) is 11.8 Å². The number of halogens is 1. The predicted octanol–water partition coefficient (Wildman–Crippen LogP) is 3.63. The summed E-state index contributed by atoms with van der Waals surface area (Å²) in [4.78, 5) is 10.6. The van der Waals surface area contributed by atoms with Crippen LogP contribution in [0.4, 0.5) is 5.82 Å². The first-order valence-corrected chi connectivity index (χ1v) is 6.97. The van der Waals surface area contributed by atoms with Crippen LogP contribution in [0.25, 0.3) is 0 Å². The van der Waals surface area contributed by atoms with E-state index in [-0.39, 0.29) is 5.92 Å². The molecular weight excluding hydrogens is 260 g/mol. The fourth-order valence-electron chi connectivity index (χ4n) is 2.02. The lowest BCUT2D eigenvalue weighted by atomic mass is 10.0. The van der Waals surface area contributed by atoms with Crippen LogP contribution in [0.15, 0.2) is 6.33 Å². The van der Waals surface area contributed by atoms with Crippen molar-refractivity contribution >= 4 is 17.4 Å². The Balaban J connectivity index is 3.14. The van der Waals surface area contributed by atoms with E-state index in [2.05, 4.69) is 48.6 Å². The zero-order valence-electron chi connectivity index (χ0n) is 12.0. The van der Waals surface area contributed by atoms with Gasteiger partial charge in [0.2, 0.25) is 0 Å². The number of nitrogens with zero attached hydrogens (tertiary/aromatic N) is 4. The Morgan fingerprint density at radius 3 is 2.53 bits per heavy atom. The highest BCUT2D eigenvalue weighted by Gasteiger charge is 2.19. The van der Waals surface area contributed by atoms with Gasteiger partial charge in [-0.2, -0.15) is 5.26 Å². The molecule has 0 saturated heterocycles. The highest BCUT2D eigenvalue weighted by atomic mass is 35.5. The summed E-state index contributed by atoms with van der Waals surface area (Å²) >= 11 is 6.20. The zero-order valence-corrected chi connectivity index (χ0v) is 12.8. The lowest BCUT2D eigenvalue weighted by Gasteiger charge is -2.27.